The van der Waals surface area contributed by atoms with Crippen LogP contribution in [0.1, 0.15) is 6.42 Å². The van der Waals surface area contributed by atoms with Gasteiger partial charge in [0.15, 0.2) is 11.9 Å². The van der Waals surface area contributed by atoms with E-state index < -0.39 is 0 Å². The Balaban J connectivity index is 2.17. The van der Waals surface area contributed by atoms with Crippen LogP contribution >= 0.6 is 0 Å². The van der Waals surface area contributed by atoms with Crippen molar-refractivity contribution in [2.45, 2.75) is 12.5 Å². The van der Waals surface area contributed by atoms with Gasteiger partial charge in [0.2, 0.25) is 0 Å². The van der Waals surface area contributed by atoms with Crippen molar-refractivity contribution in [2.24, 2.45) is 0 Å². The fourth-order valence-corrected chi connectivity index (χ4v) is 1.20. The fourth-order valence-electron chi connectivity index (χ4n) is 1.20. The highest BCUT2D eigenvalue weighted by Gasteiger charge is 2.25. The summed E-state index contributed by atoms with van der Waals surface area (Å²) < 4.78 is 10.6. The molecule has 0 aromatic carbocycles. The van der Waals surface area contributed by atoms with Crippen molar-refractivity contribution >= 4 is 0 Å². The van der Waals surface area contributed by atoms with E-state index in [1.54, 1.807) is 12.2 Å². The highest BCUT2D eigenvalue weighted by Crippen LogP contribution is 2.25. The Bertz CT molecular complexity index is 310. The third-order valence-corrected chi connectivity index (χ3v) is 1.79. The third kappa shape index (κ3) is 1.65. The van der Waals surface area contributed by atoms with Crippen LogP contribution in [0.25, 0.3) is 0 Å². The standard InChI is InChI=1S/C10H10O4/c1-2-3-8-10(12-7-6-11-8)9-4-5-13-14-9/h2,4-7,9H,1,3H2. The molecule has 2 heterocycles. The zero-order chi connectivity index (χ0) is 9.80. The van der Waals surface area contributed by atoms with Gasteiger partial charge in [0.05, 0.1) is 0 Å². The molecule has 4 heteroatoms. The van der Waals surface area contributed by atoms with Crippen LogP contribution in [0.4, 0.5) is 0 Å². The van der Waals surface area contributed by atoms with E-state index in [0.717, 1.165) is 0 Å². The molecule has 14 heavy (non-hydrogen) atoms. The molecule has 0 saturated carbocycles. The van der Waals surface area contributed by atoms with E-state index in [0.29, 0.717) is 17.9 Å². The lowest BCUT2D eigenvalue weighted by Gasteiger charge is -2.18. The van der Waals surface area contributed by atoms with Gasteiger partial charge in [-0.25, -0.2) is 0 Å². The van der Waals surface area contributed by atoms with Gasteiger partial charge in [-0.2, -0.15) is 4.89 Å². The van der Waals surface area contributed by atoms with Crippen LogP contribution < -0.4 is 0 Å². The van der Waals surface area contributed by atoms with Crippen molar-refractivity contribution in [1.82, 2.24) is 0 Å². The van der Waals surface area contributed by atoms with Gasteiger partial charge in [-0.15, -0.1) is 6.58 Å². The maximum atomic E-state index is 5.30. The van der Waals surface area contributed by atoms with Gasteiger partial charge in [0.1, 0.15) is 24.5 Å². The second-order valence-electron chi connectivity index (χ2n) is 2.73. The average Bonchev–Trinajstić information content (AvgIpc) is 2.72. The van der Waals surface area contributed by atoms with Gasteiger partial charge in [-0.1, -0.05) is 6.08 Å². The molecule has 0 N–H and O–H groups in total. The van der Waals surface area contributed by atoms with Gasteiger partial charge >= 0.3 is 0 Å². The van der Waals surface area contributed by atoms with Gasteiger partial charge < -0.3 is 14.4 Å². The highest BCUT2D eigenvalue weighted by atomic mass is 17.2. The predicted octanol–water partition coefficient (Wildman–Crippen LogP) is 2.14. The van der Waals surface area contributed by atoms with E-state index in [-0.39, 0.29) is 6.10 Å². The molecule has 0 radical (unpaired) electrons. The smallest absolute Gasteiger partial charge is 0.187 e. The van der Waals surface area contributed by atoms with Gasteiger partial charge in [-0.05, 0) is 6.08 Å². The minimum absolute atomic E-state index is 0.338. The normalized spacial score (nSPS) is 24.1. The number of hydrogen-bond acceptors (Lipinski definition) is 4. The molecule has 2 aliphatic rings. The summed E-state index contributed by atoms with van der Waals surface area (Å²) in [6, 6.07) is 0. The van der Waals surface area contributed by atoms with Crippen molar-refractivity contribution in [2.75, 3.05) is 0 Å². The summed E-state index contributed by atoms with van der Waals surface area (Å²) >= 11 is 0. The van der Waals surface area contributed by atoms with Gasteiger partial charge in [0.25, 0.3) is 0 Å². The van der Waals surface area contributed by atoms with E-state index >= 15 is 0 Å². The predicted molar refractivity (Wildman–Crippen MR) is 48.2 cm³/mol. The third-order valence-electron chi connectivity index (χ3n) is 1.79. The van der Waals surface area contributed by atoms with Crippen molar-refractivity contribution < 1.29 is 19.2 Å². The molecule has 0 saturated heterocycles. The maximum Gasteiger partial charge on any atom is 0.187 e. The largest absolute Gasteiger partial charge is 0.462 e. The molecule has 0 aromatic rings. The highest BCUT2D eigenvalue weighted by molar-refractivity contribution is 5.19. The Kier molecular flexibility index (Phi) is 2.55. The fraction of sp³-hybridized carbons (Fsp3) is 0.200. The lowest BCUT2D eigenvalue weighted by Crippen LogP contribution is -2.14. The maximum absolute atomic E-state index is 5.30. The van der Waals surface area contributed by atoms with Crippen molar-refractivity contribution in [3.8, 4) is 0 Å². The Morgan fingerprint density at radius 1 is 1.29 bits per heavy atom. The van der Waals surface area contributed by atoms with E-state index in [2.05, 4.69) is 11.5 Å². The first-order valence-corrected chi connectivity index (χ1v) is 4.23. The first kappa shape index (κ1) is 8.90. The Morgan fingerprint density at radius 2 is 2.14 bits per heavy atom. The molecule has 0 fully saturated rings. The Labute approximate surface area is 81.6 Å². The Hall–Kier alpha value is -1.68. The molecule has 0 aromatic heterocycles. The summed E-state index contributed by atoms with van der Waals surface area (Å²) in [7, 11) is 0. The number of hydrogen-bond donors (Lipinski definition) is 0. The van der Waals surface area contributed by atoms with Crippen molar-refractivity contribution in [3.63, 3.8) is 0 Å². The summed E-state index contributed by atoms with van der Waals surface area (Å²) in [4.78, 5) is 9.56. The Morgan fingerprint density at radius 3 is 2.86 bits per heavy atom. The lowest BCUT2D eigenvalue weighted by atomic mass is 10.2. The van der Waals surface area contributed by atoms with Crippen LogP contribution in [0.2, 0.25) is 0 Å². The average molecular weight is 194 g/mol. The molecule has 0 bridgehead atoms. The second kappa shape index (κ2) is 4.02. The summed E-state index contributed by atoms with van der Waals surface area (Å²) in [6.45, 7) is 3.63. The van der Waals surface area contributed by atoms with Crippen LogP contribution in [-0.4, -0.2) is 6.10 Å². The zero-order valence-electron chi connectivity index (χ0n) is 7.51. The second-order valence-corrected chi connectivity index (χ2v) is 2.73. The van der Waals surface area contributed by atoms with E-state index in [4.69, 9.17) is 14.4 Å². The molecular weight excluding hydrogens is 184 g/mol. The zero-order valence-corrected chi connectivity index (χ0v) is 7.51. The molecule has 1 unspecified atom stereocenters. The van der Waals surface area contributed by atoms with E-state index in [1.807, 2.05) is 0 Å². The minimum Gasteiger partial charge on any atom is -0.462 e. The summed E-state index contributed by atoms with van der Waals surface area (Å²) in [6.07, 6.45) is 8.12. The molecule has 0 amide bonds. The SMILES string of the molecule is C=CCC1=C(C2C=COO2)OC=CO1. The molecule has 1 atom stereocenters. The minimum atomic E-state index is -0.338. The van der Waals surface area contributed by atoms with Gasteiger partial charge in [-0.3, -0.25) is 0 Å². The van der Waals surface area contributed by atoms with Crippen molar-refractivity contribution in [3.05, 3.63) is 49.0 Å². The molecule has 2 aliphatic heterocycles. The first-order chi connectivity index (χ1) is 6.92. The monoisotopic (exact) mass is 194 g/mol. The number of ether oxygens (including phenoxy) is 2. The van der Waals surface area contributed by atoms with Crippen LogP contribution in [0.15, 0.2) is 49.0 Å². The molecule has 0 spiro atoms. The lowest BCUT2D eigenvalue weighted by molar-refractivity contribution is -0.249. The molecule has 4 nitrogen and oxygen atoms in total. The molecule has 74 valence electrons. The quantitative estimate of drug-likeness (QED) is 0.509. The van der Waals surface area contributed by atoms with Crippen LogP contribution in [0.5, 0.6) is 0 Å². The summed E-state index contributed by atoms with van der Waals surface area (Å²) in [5.41, 5.74) is 0. The number of rotatable bonds is 3. The summed E-state index contributed by atoms with van der Waals surface area (Å²) in [5.74, 6) is 1.28. The number of allylic oxidation sites excluding steroid dienone is 1. The van der Waals surface area contributed by atoms with Gasteiger partial charge in [0, 0.05) is 6.42 Å². The van der Waals surface area contributed by atoms with Crippen LogP contribution in [0.3, 0.4) is 0 Å². The summed E-state index contributed by atoms with van der Waals surface area (Å²) in [5, 5.41) is 0. The topological polar surface area (TPSA) is 36.9 Å². The molecule has 2 rings (SSSR count). The van der Waals surface area contributed by atoms with E-state index in [9.17, 15) is 0 Å². The first-order valence-electron chi connectivity index (χ1n) is 4.23. The van der Waals surface area contributed by atoms with E-state index in [1.165, 1.54) is 18.8 Å². The molecular formula is C10H10O4. The van der Waals surface area contributed by atoms with Crippen molar-refractivity contribution in [1.29, 1.82) is 0 Å². The van der Waals surface area contributed by atoms with Crippen LogP contribution in [0, 0.1) is 0 Å². The van der Waals surface area contributed by atoms with Crippen LogP contribution in [-0.2, 0) is 19.2 Å². The molecule has 0 aliphatic carbocycles.